The van der Waals surface area contributed by atoms with Gasteiger partial charge in [-0.2, -0.15) is 4.98 Å². The van der Waals surface area contributed by atoms with Gasteiger partial charge < -0.3 is 10.3 Å². The lowest BCUT2D eigenvalue weighted by Gasteiger charge is -2.46. The molecule has 0 amide bonds. The molecule has 1 aromatic heterocycles. The first-order valence-corrected chi connectivity index (χ1v) is 7.69. The summed E-state index contributed by atoms with van der Waals surface area (Å²) in [4.78, 5) is 4.64. The van der Waals surface area contributed by atoms with Gasteiger partial charge in [0.25, 0.3) is 0 Å². The van der Waals surface area contributed by atoms with Gasteiger partial charge in [-0.15, -0.1) is 0 Å². The summed E-state index contributed by atoms with van der Waals surface area (Å²) >= 11 is 0. The summed E-state index contributed by atoms with van der Waals surface area (Å²) in [5.41, 5.74) is 6.35. The Kier molecular flexibility index (Phi) is 3.74. The van der Waals surface area contributed by atoms with Gasteiger partial charge in [-0.25, -0.2) is 0 Å². The molecule has 1 fully saturated rings. The molecule has 2 atom stereocenters. The van der Waals surface area contributed by atoms with Crippen LogP contribution in [0.25, 0.3) is 0 Å². The lowest BCUT2D eigenvalue weighted by Crippen LogP contribution is -2.52. The number of hydrogen-bond acceptors (Lipinski definition) is 4. The fourth-order valence-corrected chi connectivity index (χ4v) is 3.39. The molecule has 0 aliphatic heterocycles. The second-order valence-corrected chi connectivity index (χ2v) is 8.38. The molecule has 2 unspecified atom stereocenters. The summed E-state index contributed by atoms with van der Waals surface area (Å²) in [6.45, 7) is 13.0. The van der Waals surface area contributed by atoms with E-state index in [2.05, 4.69) is 51.7 Å². The monoisotopic (exact) mass is 279 g/mol. The molecule has 0 radical (unpaired) electrons. The smallest absolute Gasteiger partial charge is 0.232 e. The van der Waals surface area contributed by atoms with Crippen molar-refractivity contribution in [3.8, 4) is 0 Å². The quantitative estimate of drug-likeness (QED) is 0.850. The molecular formula is C16H29N3O. The van der Waals surface area contributed by atoms with E-state index in [1.54, 1.807) is 0 Å². The Morgan fingerprint density at radius 2 is 1.80 bits per heavy atom. The minimum absolute atomic E-state index is 0.131. The van der Waals surface area contributed by atoms with Crippen LogP contribution in [0.15, 0.2) is 4.52 Å². The Labute approximate surface area is 122 Å². The molecule has 4 nitrogen and oxygen atoms in total. The second-order valence-electron chi connectivity index (χ2n) is 8.38. The maximum absolute atomic E-state index is 6.78. The van der Waals surface area contributed by atoms with Crippen LogP contribution in [0.2, 0.25) is 0 Å². The van der Waals surface area contributed by atoms with E-state index in [0.29, 0.717) is 17.6 Å². The second kappa shape index (κ2) is 4.83. The first-order valence-electron chi connectivity index (χ1n) is 7.69. The predicted octanol–water partition coefficient (Wildman–Crippen LogP) is 3.76. The van der Waals surface area contributed by atoms with Crippen LogP contribution >= 0.6 is 0 Å². The van der Waals surface area contributed by atoms with Crippen LogP contribution in [0.3, 0.4) is 0 Å². The number of aromatic nitrogens is 2. The van der Waals surface area contributed by atoms with E-state index >= 15 is 0 Å². The molecule has 20 heavy (non-hydrogen) atoms. The van der Waals surface area contributed by atoms with E-state index in [1.807, 2.05) is 0 Å². The highest BCUT2D eigenvalue weighted by atomic mass is 16.5. The van der Waals surface area contributed by atoms with Crippen LogP contribution in [0.5, 0.6) is 0 Å². The third-order valence-electron chi connectivity index (χ3n) is 4.48. The molecule has 0 saturated heterocycles. The Bertz CT molecular complexity index is 467. The lowest BCUT2D eigenvalue weighted by molar-refractivity contribution is 0.0698. The van der Waals surface area contributed by atoms with E-state index in [-0.39, 0.29) is 10.8 Å². The minimum atomic E-state index is -0.455. The van der Waals surface area contributed by atoms with E-state index < -0.39 is 5.54 Å². The largest absolute Gasteiger partial charge is 0.339 e. The van der Waals surface area contributed by atoms with Gasteiger partial charge in [-0.3, -0.25) is 0 Å². The highest BCUT2D eigenvalue weighted by molar-refractivity contribution is 5.12. The van der Waals surface area contributed by atoms with Gasteiger partial charge in [0.2, 0.25) is 5.89 Å². The van der Waals surface area contributed by atoms with Crippen molar-refractivity contribution in [2.24, 2.45) is 17.1 Å². The zero-order chi connectivity index (χ0) is 15.2. The zero-order valence-electron chi connectivity index (χ0n) is 13.8. The molecule has 1 aromatic rings. The molecule has 1 heterocycles. The highest BCUT2D eigenvalue weighted by Gasteiger charge is 2.47. The standard InChI is InChI=1S/C16H29N3O/c1-14(2,3)11-9-7-8-10-16(11,17)12-18-13(20-19-12)15(4,5)6/h11H,7-10,17H2,1-6H3. The average Bonchev–Trinajstić information content (AvgIpc) is 2.77. The Hall–Kier alpha value is -0.900. The summed E-state index contributed by atoms with van der Waals surface area (Å²) in [6.07, 6.45) is 4.46. The summed E-state index contributed by atoms with van der Waals surface area (Å²) in [7, 11) is 0. The zero-order valence-corrected chi connectivity index (χ0v) is 13.8. The molecule has 0 aromatic carbocycles. The van der Waals surface area contributed by atoms with E-state index in [4.69, 9.17) is 10.3 Å². The SMILES string of the molecule is CC(C)(C)c1nc(C2(N)CCCCC2C(C)(C)C)no1. The average molecular weight is 279 g/mol. The molecule has 2 rings (SSSR count). The lowest BCUT2D eigenvalue weighted by atomic mass is 9.62. The first kappa shape index (κ1) is 15.5. The van der Waals surface area contributed by atoms with E-state index in [1.165, 1.54) is 6.42 Å². The summed E-state index contributed by atoms with van der Waals surface area (Å²) in [5.74, 6) is 1.76. The molecule has 1 saturated carbocycles. The highest BCUT2D eigenvalue weighted by Crippen LogP contribution is 2.47. The van der Waals surface area contributed by atoms with Crippen molar-refractivity contribution in [1.82, 2.24) is 10.1 Å². The van der Waals surface area contributed by atoms with Crippen LogP contribution in [-0.4, -0.2) is 10.1 Å². The Morgan fingerprint density at radius 3 is 2.30 bits per heavy atom. The maximum Gasteiger partial charge on any atom is 0.232 e. The van der Waals surface area contributed by atoms with Crippen LogP contribution in [-0.2, 0) is 11.0 Å². The number of nitrogens with zero attached hydrogens (tertiary/aromatic N) is 2. The van der Waals surface area contributed by atoms with Gasteiger partial charge in [0.1, 0.15) is 0 Å². The molecule has 2 N–H and O–H groups in total. The predicted molar refractivity (Wildman–Crippen MR) is 80.3 cm³/mol. The van der Waals surface area contributed by atoms with Gasteiger partial charge in [-0.05, 0) is 24.2 Å². The molecule has 1 aliphatic carbocycles. The van der Waals surface area contributed by atoms with Gasteiger partial charge >= 0.3 is 0 Å². The van der Waals surface area contributed by atoms with Crippen molar-refractivity contribution in [2.75, 3.05) is 0 Å². The van der Waals surface area contributed by atoms with Crippen molar-refractivity contribution in [3.05, 3.63) is 11.7 Å². The van der Waals surface area contributed by atoms with Crippen molar-refractivity contribution in [2.45, 2.75) is 78.2 Å². The van der Waals surface area contributed by atoms with E-state index in [9.17, 15) is 0 Å². The van der Waals surface area contributed by atoms with Crippen molar-refractivity contribution in [3.63, 3.8) is 0 Å². The number of nitrogens with two attached hydrogens (primary N) is 1. The van der Waals surface area contributed by atoms with Gasteiger partial charge in [-0.1, -0.05) is 59.5 Å². The van der Waals surface area contributed by atoms with Crippen molar-refractivity contribution >= 4 is 0 Å². The fraction of sp³-hybridized carbons (Fsp3) is 0.875. The summed E-state index contributed by atoms with van der Waals surface area (Å²) in [6, 6.07) is 0. The Morgan fingerprint density at radius 1 is 1.15 bits per heavy atom. The third-order valence-corrected chi connectivity index (χ3v) is 4.48. The van der Waals surface area contributed by atoms with Crippen molar-refractivity contribution < 1.29 is 4.52 Å². The molecular weight excluding hydrogens is 250 g/mol. The molecule has 0 bridgehead atoms. The third kappa shape index (κ3) is 2.76. The molecule has 114 valence electrons. The van der Waals surface area contributed by atoms with Crippen LogP contribution in [0, 0.1) is 11.3 Å². The van der Waals surface area contributed by atoms with Crippen LogP contribution in [0.4, 0.5) is 0 Å². The van der Waals surface area contributed by atoms with E-state index in [0.717, 1.165) is 19.3 Å². The number of hydrogen-bond donors (Lipinski definition) is 1. The Balaban J connectivity index is 2.39. The number of rotatable bonds is 1. The topological polar surface area (TPSA) is 64.9 Å². The maximum atomic E-state index is 6.78. The van der Waals surface area contributed by atoms with Gasteiger partial charge in [0, 0.05) is 5.41 Å². The first-order chi connectivity index (χ1) is 9.05. The summed E-state index contributed by atoms with van der Waals surface area (Å²) < 4.78 is 5.47. The molecule has 4 heteroatoms. The van der Waals surface area contributed by atoms with Crippen LogP contribution < -0.4 is 5.73 Å². The van der Waals surface area contributed by atoms with Crippen LogP contribution in [0.1, 0.15) is 78.9 Å². The minimum Gasteiger partial charge on any atom is -0.339 e. The summed E-state index contributed by atoms with van der Waals surface area (Å²) in [5, 5.41) is 4.23. The van der Waals surface area contributed by atoms with Gasteiger partial charge in [0.05, 0.1) is 5.54 Å². The fourth-order valence-electron chi connectivity index (χ4n) is 3.39. The molecule has 1 aliphatic rings. The normalized spacial score (nSPS) is 28.6. The van der Waals surface area contributed by atoms with Crippen molar-refractivity contribution in [1.29, 1.82) is 0 Å². The van der Waals surface area contributed by atoms with Gasteiger partial charge in [0.15, 0.2) is 5.82 Å². The molecule has 0 spiro atoms.